The van der Waals surface area contributed by atoms with Crippen LogP contribution in [0, 0.1) is 11.6 Å². The Bertz CT molecular complexity index is 1710. The molecule has 11 heteroatoms. The van der Waals surface area contributed by atoms with Crippen LogP contribution in [-0.4, -0.2) is 81.5 Å². The van der Waals surface area contributed by atoms with Gasteiger partial charge < -0.3 is 20.1 Å². The van der Waals surface area contributed by atoms with Crippen molar-refractivity contribution in [3.63, 3.8) is 0 Å². The molecule has 4 aliphatic rings. The van der Waals surface area contributed by atoms with Crippen LogP contribution >= 0.6 is 0 Å². The Morgan fingerprint density at radius 3 is 2.69 bits per heavy atom. The number of nitrogens with one attached hydrogen (secondary N) is 1. The second-order valence-corrected chi connectivity index (χ2v) is 12.2. The van der Waals surface area contributed by atoms with Crippen LogP contribution in [0.25, 0.3) is 32.9 Å². The summed E-state index contributed by atoms with van der Waals surface area (Å²) in [6, 6.07) is 7.91. The highest BCUT2D eigenvalue weighted by molar-refractivity contribution is 6.01. The molecular formula is C31H31F3N6O2. The molecular weight excluding hydrogens is 545 g/mol. The molecule has 0 unspecified atom stereocenters. The number of phenolic OH excluding ortho intramolecular Hbond substituents is 1. The third-order valence-corrected chi connectivity index (χ3v) is 9.61. The summed E-state index contributed by atoms with van der Waals surface area (Å²) in [7, 11) is 0. The van der Waals surface area contributed by atoms with Crippen LogP contribution in [-0.2, 0) is 0 Å². The fourth-order valence-electron chi connectivity index (χ4n) is 7.68. The standard InChI is InChI=1S/C31H31F3N6O2/c32-17-11-31(9-2-10-40(31)13-17)16-42-30-37-27-22(29(38-30)39-14-18-5-6-19(15-39)36-18)12-35-28(26(27)34)25-21-3-1-4-23(33)20(21)7-8-24(25)41/h1,3-4,7-8,12,17-19,36,41H,2,5-6,9-11,13-16H2/t17-,18-,19+,31+/m1/s1. The van der Waals surface area contributed by atoms with Gasteiger partial charge in [0.25, 0.3) is 0 Å². The highest BCUT2D eigenvalue weighted by atomic mass is 19.1. The zero-order valence-electron chi connectivity index (χ0n) is 23.0. The lowest BCUT2D eigenvalue weighted by Crippen LogP contribution is -2.51. The van der Waals surface area contributed by atoms with Crippen molar-refractivity contribution in [2.45, 2.75) is 55.9 Å². The minimum Gasteiger partial charge on any atom is -0.507 e. The number of ether oxygens (including phenoxy) is 1. The van der Waals surface area contributed by atoms with E-state index in [9.17, 15) is 13.9 Å². The van der Waals surface area contributed by atoms with Crippen LogP contribution < -0.4 is 15.0 Å². The summed E-state index contributed by atoms with van der Waals surface area (Å²) < 4.78 is 51.8. The largest absolute Gasteiger partial charge is 0.507 e. The van der Waals surface area contributed by atoms with Gasteiger partial charge in [0.15, 0.2) is 5.82 Å². The van der Waals surface area contributed by atoms with Gasteiger partial charge in [-0.25, -0.2) is 13.2 Å². The van der Waals surface area contributed by atoms with E-state index in [2.05, 4.69) is 25.1 Å². The number of pyridine rings is 1. The average Bonchev–Trinajstić information content (AvgIpc) is 3.63. The van der Waals surface area contributed by atoms with E-state index in [-0.39, 0.29) is 40.5 Å². The van der Waals surface area contributed by atoms with Gasteiger partial charge in [0.2, 0.25) is 0 Å². The van der Waals surface area contributed by atoms with Crippen molar-refractivity contribution >= 4 is 27.5 Å². The number of halogens is 3. The molecule has 4 fully saturated rings. The van der Waals surface area contributed by atoms with Crippen molar-refractivity contribution < 1.29 is 23.0 Å². The first-order valence-corrected chi connectivity index (χ1v) is 14.7. The van der Waals surface area contributed by atoms with Crippen LogP contribution in [0.3, 0.4) is 0 Å². The summed E-state index contributed by atoms with van der Waals surface area (Å²) in [6.45, 7) is 2.85. The molecule has 0 amide bonds. The summed E-state index contributed by atoms with van der Waals surface area (Å²) >= 11 is 0. The van der Waals surface area contributed by atoms with Gasteiger partial charge in [-0.1, -0.05) is 12.1 Å². The number of alkyl halides is 1. The molecule has 6 heterocycles. The number of anilines is 1. The summed E-state index contributed by atoms with van der Waals surface area (Å²) in [5, 5.41) is 15.4. The van der Waals surface area contributed by atoms with Crippen molar-refractivity contribution in [1.82, 2.24) is 25.2 Å². The SMILES string of the molecule is Oc1ccc2c(F)cccc2c1-c1ncc2c(N3C[C@H]4CC[C@@H](C3)N4)nc(OC[C@@]34CCCN3C[C@H](F)C4)nc2c1F. The number of phenols is 1. The molecule has 4 aromatic rings. The smallest absolute Gasteiger partial charge is 0.319 e. The van der Waals surface area contributed by atoms with Crippen LogP contribution in [0.1, 0.15) is 32.1 Å². The number of benzene rings is 2. The quantitative estimate of drug-likeness (QED) is 0.353. The van der Waals surface area contributed by atoms with Crippen LogP contribution in [0.5, 0.6) is 11.8 Å². The minimum atomic E-state index is -0.900. The Balaban J connectivity index is 1.26. The first-order chi connectivity index (χ1) is 20.4. The number of aromatic nitrogens is 3. The van der Waals surface area contributed by atoms with Crippen molar-refractivity contribution in [3.8, 4) is 23.0 Å². The maximum atomic E-state index is 16.6. The van der Waals surface area contributed by atoms with Gasteiger partial charge in [0.05, 0.1) is 16.5 Å². The third kappa shape index (κ3) is 4.08. The number of fused-ring (bicyclic) bond motifs is 5. The summed E-state index contributed by atoms with van der Waals surface area (Å²) in [5.74, 6) is -0.913. The first-order valence-electron chi connectivity index (χ1n) is 14.7. The summed E-state index contributed by atoms with van der Waals surface area (Å²) in [4.78, 5) is 18.0. The number of nitrogens with zero attached hydrogens (tertiary/aromatic N) is 5. The molecule has 42 heavy (non-hydrogen) atoms. The van der Waals surface area contributed by atoms with Gasteiger partial charge in [-0.05, 0) is 55.8 Å². The Morgan fingerprint density at radius 2 is 1.86 bits per heavy atom. The van der Waals surface area contributed by atoms with Gasteiger partial charge in [-0.3, -0.25) is 9.88 Å². The fraction of sp³-hybridized carbons (Fsp3) is 0.452. The lowest BCUT2D eigenvalue weighted by Gasteiger charge is -2.34. The average molecular weight is 577 g/mol. The predicted molar refractivity (Wildman–Crippen MR) is 153 cm³/mol. The molecule has 0 saturated carbocycles. The topological polar surface area (TPSA) is 86.6 Å². The molecule has 2 aromatic heterocycles. The van der Waals surface area contributed by atoms with E-state index in [0.29, 0.717) is 54.7 Å². The van der Waals surface area contributed by atoms with Crippen molar-refractivity contribution in [2.24, 2.45) is 0 Å². The Labute approximate surface area is 240 Å². The van der Waals surface area contributed by atoms with E-state index in [1.54, 1.807) is 6.07 Å². The lowest BCUT2D eigenvalue weighted by atomic mass is 9.95. The molecule has 4 saturated heterocycles. The van der Waals surface area contributed by atoms with Crippen molar-refractivity contribution in [1.29, 1.82) is 0 Å². The molecule has 2 aromatic carbocycles. The molecule has 4 aliphatic heterocycles. The zero-order valence-corrected chi connectivity index (χ0v) is 23.0. The molecule has 2 N–H and O–H groups in total. The number of aromatic hydroxyl groups is 1. The first kappa shape index (κ1) is 26.0. The second kappa shape index (κ2) is 9.67. The summed E-state index contributed by atoms with van der Waals surface area (Å²) in [5.41, 5.74) is -0.444. The molecule has 2 bridgehead atoms. The molecule has 8 nitrogen and oxygen atoms in total. The number of hydrogen-bond acceptors (Lipinski definition) is 8. The van der Waals surface area contributed by atoms with Crippen LogP contribution in [0.15, 0.2) is 36.5 Å². The van der Waals surface area contributed by atoms with E-state index in [4.69, 9.17) is 9.72 Å². The molecule has 0 spiro atoms. The Morgan fingerprint density at radius 1 is 1.02 bits per heavy atom. The molecule has 0 aliphatic carbocycles. The van der Waals surface area contributed by atoms with E-state index in [1.807, 2.05) is 0 Å². The number of rotatable bonds is 5. The van der Waals surface area contributed by atoms with Gasteiger partial charge in [0, 0.05) is 49.7 Å². The second-order valence-electron chi connectivity index (χ2n) is 12.2. The molecule has 8 rings (SSSR count). The molecule has 4 atom stereocenters. The Hall–Kier alpha value is -3.70. The maximum absolute atomic E-state index is 16.6. The predicted octanol–water partition coefficient (Wildman–Crippen LogP) is 4.72. The van der Waals surface area contributed by atoms with Gasteiger partial charge >= 0.3 is 6.01 Å². The zero-order chi connectivity index (χ0) is 28.6. The van der Waals surface area contributed by atoms with E-state index < -0.39 is 23.3 Å². The highest BCUT2D eigenvalue weighted by Gasteiger charge is 2.49. The van der Waals surface area contributed by atoms with Crippen molar-refractivity contribution in [2.75, 3.05) is 37.7 Å². The fourth-order valence-corrected chi connectivity index (χ4v) is 7.68. The van der Waals surface area contributed by atoms with E-state index in [1.165, 1.54) is 30.5 Å². The van der Waals surface area contributed by atoms with Crippen LogP contribution in [0.4, 0.5) is 19.0 Å². The van der Waals surface area contributed by atoms with Crippen LogP contribution in [0.2, 0.25) is 0 Å². The number of hydrogen-bond donors (Lipinski definition) is 2. The highest BCUT2D eigenvalue weighted by Crippen LogP contribution is 2.42. The maximum Gasteiger partial charge on any atom is 0.319 e. The van der Waals surface area contributed by atoms with Gasteiger partial charge in [0.1, 0.15) is 41.4 Å². The Kier molecular flexibility index (Phi) is 5.98. The molecule has 0 radical (unpaired) electrons. The van der Waals surface area contributed by atoms with Crippen molar-refractivity contribution in [3.05, 3.63) is 48.2 Å². The number of piperazine rings is 1. The van der Waals surface area contributed by atoms with Gasteiger partial charge in [-0.2, -0.15) is 9.97 Å². The van der Waals surface area contributed by atoms with E-state index >= 15 is 4.39 Å². The summed E-state index contributed by atoms with van der Waals surface area (Å²) in [6.07, 6.45) is 4.94. The monoisotopic (exact) mass is 576 g/mol. The normalized spacial score (nSPS) is 27.3. The molecule has 218 valence electrons. The van der Waals surface area contributed by atoms with Gasteiger partial charge in [-0.15, -0.1) is 0 Å². The minimum absolute atomic E-state index is 0.00857. The van der Waals surface area contributed by atoms with E-state index in [0.717, 1.165) is 32.2 Å². The third-order valence-electron chi connectivity index (χ3n) is 9.61. The lowest BCUT2D eigenvalue weighted by molar-refractivity contribution is 0.107.